The zero-order valence-corrected chi connectivity index (χ0v) is 13.8. The van der Waals surface area contributed by atoms with Crippen molar-refractivity contribution >= 4 is 23.2 Å². The number of benzene rings is 1. The molecule has 1 aromatic carbocycles. The van der Waals surface area contributed by atoms with Crippen molar-refractivity contribution in [1.82, 2.24) is 0 Å². The van der Waals surface area contributed by atoms with Crippen LogP contribution in [-0.4, -0.2) is 24.1 Å². The van der Waals surface area contributed by atoms with Crippen LogP contribution >= 0.6 is 11.6 Å². The fourth-order valence-electron chi connectivity index (χ4n) is 1.92. The lowest BCUT2D eigenvalue weighted by Crippen LogP contribution is -2.39. The van der Waals surface area contributed by atoms with Crippen molar-refractivity contribution in [3.63, 3.8) is 0 Å². The molecule has 0 spiro atoms. The molecule has 116 valence electrons. The number of carbonyl (C=O) groups is 1. The molecule has 0 N–H and O–H groups in total. The highest BCUT2D eigenvalue weighted by Crippen LogP contribution is 2.24. The third-order valence-corrected chi connectivity index (χ3v) is 3.57. The van der Waals surface area contributed by atoms with Gasteiger partial charge in [-0.25, -0.2) is 0 Å². The monoisotopic (exact) mass is 309 g/mol. The number of alkyl halides is 1. The molecule has 1 unspecified atom stereocenters. The number of hydrogen-bond acceptors (Lipinski definition) is 2. The van der Waals surface area contributed by atoms with E-state index < -0.39 is 5.38 Å². The van der Waals surface area contributed by atoms with Crippen LogP contribution in [0.15, 0.2) is 36.9 Å². The Bertz CT molecular complexity index is 474. The molecule has 0 radical (unpaired) electrons. The van der Waals surface area contributed by atoms with Crippen molar-refractivity contribution in [2.24, 2.45) is 0 Å². The number of anilines is 1. The van der Waals surface area contributed by atoms with Crippen LogP contribution in [0.3, 0.4) is 0 Å². The summed E-state index contributed by atoms with van der Waals surface area (Å²) < 4.78 is 5.63. The van der Waals surface area contributed by atoms with Gasteiger partial charge in [0, 0.05) is 5.69 Å². The summed E-state index contributed by atoms with van der Waals surface area (Å²) in [6.45, 7) is 9.75. The van der Waals surface area contributed by atoms with Crippen LogP contribution in [0.2, 0.25) is 0 Å². The van der Waals surface area contributed by atoms with E-state index in [-0.39, 0.29) is 18.7 Å². The summed E-state index contributed by atoms with van der Waals surface area (Å²) in [5.74, 6) is -0.128. The zero-order chi connectivity index (χ0) is 15.8. The van der Waals surface area contributed by atoms with Crippen LogP contribution in [-0.2, 0) is 16.0 Å². The molecule has 0 aromatic heterocycles. The molecular formula is C17H24ClNO2. The second-order valence-electron chi connectivity index (χ2n) is 5.11. The lowest BCUT2D eigenvalue weighted by molar-refractivity contribution is -0.119. The van der Waals surface area contributed by atoms with E-state index in [2.05, 4.69) is 6.58 Å². The smallest absolute Gasteiger partial charge is 0.246 e. The van der Waals surface area contributed by atoms with Gasteiger partial charge in [0.05, 0.1) is 6.10 Å². The fourth-order valence-corrected chi connectivity index (χ4v) is 2.04. The van der Waals surface area contributed by atoms with Crippen molar-refractivity contribution < 1.29 is 9.53 Å². The Morgan fingerprint density at radius 1 is 1.43 bits per heavy atom. The minimum atomic E-state index is -0.544. The van der Waals surface area contributed by atoms with Crippen LogP contribution in [0.25, 0.3) is 0 Å². The summed E-state index contributed by atoms with van der Waals surface area (Å²) in [5, 5.41) is -0.544. The Hall–Kier alpha value is -1.32. The molecule has 3 nitrogen and oxygen atoms in total. The van der Waals surface area contributed by atoms with Gasteiger partial charge in [0.15, 0.2) is 0 Å². The molecule has 0 heterocycles. The molecular weight excluding hydrogens is 286 g/mol. The van der Waals surface area contributed by atoms with E-state index in [4.69, 9.17) is 16.3 Å². The summed E-state index contributed by atoms with van der Waals surface area (Å²) in [6.07, 6.45) is 3.15. The van der Waals surface area contributed by atoms with Gasteiger partial charge in [-0.2, -0.15) is 0 Å². The lowest BCUT2D eigenvalue weighted by atomic mass is 10.1. The predicted octanol–water partition coefficient (Wildman–Crippen LogP) is 4.15. The Kier molecular flexibility index (Phi) is 7.48. The maximum atomic E-state index is 12.5. The molecule has 0 saturated carbocycles. The van der Waals surface area contributed by atoms with Gasteiger partial charge >= 0.3 is 0 Å². The molecule has 21 heavy (non-hydrogen) atoms. The zero-order valence-electron chi connectivity index (χ0n) is 13.0. The van der Waals surface area contributed by atoms with Gasteiger partial charge in [-0.05, 0) is 38.3 Å². The van der Waals surface area contributed by atoms with E-state index in [1.807, 2.05) is 51.1 Å². The number of carbonyl (C=O) groups excluding carboxylic acids is 1. The first-order chi connectivity index (χ1) is 10.0. The van der Waals surface area contributed by atoms with Crippen LogP contribution in [0.1, 0.15) is 32.8 Å². The molecule has 4 heteroatoms. The first-order valence-electron chi connectivity index (χ1n) is 7.27. The molecule has 1 amide bonds. The van der Waals surface area contributed by atoms with Crippen LogP contribution in [0.4, 0.5) is 5.69 Å². The highest BCUT2D eigenvalue weighted by Gasteiger charge is 2.24. The van der Waals surface area contributed by atoms with Crippen molar-refractivity contribution in [1.29, 1.82) is 0 Å². The molecule has 1 rings (SSSR count). The Labute approximate surface area is 132 Å². The third kappa shape index (κ3) is 5.18. The topological polar surface area (TPSA) is 29.5 Å². The molecule has 0 saturated heterocycles. The van der Waals surface area contributed by atoms with Crippen LogP contribution < -0.4 is 4.90 Å². The number of para-hydroxylation sites is 1. The standard InChI is InChI=1S/C17H24ClNO2/c1-5-9-14-10-7-8-11-16(14)19(12-21-13(3)4)17(20)15(18)6-2/h5,7-8,10-11,13,15H,1,6,9,12H2,2-4H3. The highest BCUT2D eigenvalue weighted by atomic mass is 35.5. The second kappa shape index (κ2) is 8.85. The predicted molar refractivity (Wildman–Crippen MR) is 88.8 cm³/mol. The number of halogens is 1. The van der Waals surface area contributed by atoms with Gasteiger partial charge in [0.2, 0.25) is 5.91 Å². The minimum absolute atomic E-state index is 0.0438. The number of nitrogens with zero attached hydrogens (tertiary/aromatic N) is 1. The fraction of sp³-hybridized carbons (Fsp3) is 0.471. The van der Waals surface area contributed by atoms with E-state index in [1.54, 1.807) is 4.90 Å². The molecule has 0 fully saturated rings. The molecule has 1 aromatic rings. The summed E-state index contributed by atoms with van der Waals surface area (Å²) in [4.78, 5) is 14.2. The van der Waals surface area contributed by atoms with Crippen molar-refractivity contribution in [3.05, 3.63) is 42.5 Å². The largest absolute Gasteiger partial charge is 0.358 e. The average Bonchev–Trinajstić information content (AvgIpc) is 2.48. The van der Waals surface area contributed by atoms with Gasteiger partial charge in [0.25, 0.3) is 0 Å². The van der Waals surface area contributed by atoms with E-state index in [9.17, 15) is 4.79 Å². The van der Waals surface area contributed by atoms with E-state index in [1.165, 1.54) is 0 Å². The number of allylic oxidation sites excluding steroid dienone is 1. The van der Waals surface area contributed by atoms with Gasteiger partial charge < -0.3 is 4.74 Å². The lowest BCUT2D eigenvalue weighted by Gasteiger charge is -2.27. The quantitative estimate of drug-likeness (QED) is 0.410. The maximum Gasteiger partial charge on any atom is 0.246 e. The van der Waals surface area contributed by atoms with Crippen molar-refractivity contribution in [2.45, 2.75) is 45.1 Å². The Balaban J connectivity index is 3.10. The van der Waals surface area contributed by atoms with E-state index in [0.717, 1.165) is 11.3 Å². The first-order valence-corrected chi connectivity index (χ1v) is 7.70. The van der Waals surface area contributed by atoms with Crippen molar-refractivity contribution in [2.75, 3.05) is 11.6 Å². The third-order valence-electron chi connectivity index (χ3n) is 3.08. The van der Waals surface area contributed by atoms with Crippen LogP contribution in [0.5, 0.6) is 0 Å². The van der Waals surface area contributed by atoms with Crippen molar-refractivity contribution in [3.8, 4) is 0 Å². The molecule has 0 aliphatic rings. The molecule has 0 aliphatic carbocycles. The number of amides is 1. The summed E-state index contributed by atoms with van der Waals surface area (Å²) in [5.41, 5.74) is 1.87. The van der Waals surface area contributed by atoms with Gasteiger partial charge in [-0.1, -0.05) is 31.2 Å². The van der Waals surface area contributed by atoms with Gasteiger partial charge in [-0.3, -0.25) is 9.69 Å². The number of hydrogen-bond donors (Lipinski definition) is 0. The molecule has 0 aliphatic heterocycles. The summed E-state index contributed by atoms with van der Waals surface area (Å²) in [6, 6.07) is 7.76. The van der Waals surface area contributed by atoms with Gasteiger partial charge in [0.1, 0.15) is 12.1 Å². The average molecular weight is 310 g/mol. The first kappa shape index (κ1) is 17.7. The van der Waals surface area contributed by atoms with Crippen LogP contribution in [0, 0.1) is 0 Å². The maximum absolute atomic E-state index is 12.5. The minimum Gasteiger partial charge on any atom is -0.358 e. The second-order valence-corrected chi connectivity index (χ2v) is 5.63. The summed E-state index contributed by atoms with van der Waals surface area (Å²) >= 11 is 6.14. The summed E-state index contributed by atoms with van der Waals surface area (Å²) in [7, 11) is 0. The SMILES string of the molecule is C=CCc1ccccc1N(COC(C)C)C(=O)C(Cl)CC. The normalized spacial score (nSPS) is 12.2. The number of ether oxygens (including phenoxy) is 1. The van der Waals surface area contributed by atoms with E-state index >= 15 is 0 Å². The molecule has 1 atom stereocenters. The Morgan fingerprint density at radius 2 is 2.10 bits per heavy atom. The van der Waals surface area contributed by atoms with E-state index in [0.29, 0.717) is 12.8 Å². The highest BCUT2D eigenvalue weighted by molar-refractivity contribution is 6.32. The molecule has 0 bridgehead atoms. The Morgan fingerprint density at radius 3 is 2.67 bits per heavy atom. The number of rotatable bonds is 8. The van der Waals surface area contributed by atoms with Gasteiger partial charge in [-0.15, -0.1) is 18.2 Å².